The lowest BCUT2D eigenvalue weighted by Crippen LogP contribution is -2.13. The standard InChI is InChI=1S/C11H12O7/c1-16-7-4-3-6(11(14)15)9(10(7)17-2)18-5-8(12)13/h3-4H,5H2,1-2H3,(H,12,13)(H,14,15). The van der Waals surface area contributed by atoms with Gasteiger partial charge in [-0.15, -0.1) is 0 Å². The average Bonchev–Trinajstić information content (AvgIpc) is 2.34. The van der Waals surface area contributed by atoms with E-state index in [9.17, 15) is 9.59 Å². The molecule has 98 valence electrons. The number of carbonyl (C=O) groups is 2. The molecule has 18 heavy (non-hydrogen) atoms. The fourth-order valence-corrected chi connectivity index (χ4v) is 1.34. The molecule has 0 fully saturated rings. The van der Waals surface area contributed by atoms with E-state index in [1.54, 1.807) is 0 Å². The van der Waals surface area contributed by atoms with Crippen LogP contribution < -0.4 is 14.2 Å². The highest BCUT2D eigenvalue weighted by Gasteiger charge is 2.21. The lowest BCUT2D eigenvalue weighted by molar-refractivity contribution is -0.139. The van der Waals surface area contributed by atoms with Gasteiger partial charge in [-0.1, -0.05) is 0 Å². The first-order valence-corrected chi connectivity index (χ1v) is 4.84. The number of hydrogen-bond acceptors (Lipinski definition) is 5. The van der Waals surface area contributed by atoms with Gasteiger partial charge in [0.2, 0.25) is 5.75 Å². The van der Waals surface area contributed by atoms with E-state index in [0.29, 0.717) is 0 Å². The van der Waals surface area contributed by atoms with Gasteiger partial charge in [0.15, 0.2) is 18.1 Å². The summed E-state index contributed by atoms with van der Waals surface area (Å²) in [7, 11) is 2.68. The van der Waals surface area contributed by atoms with Crippen molar-refractivity contribution in [3.8, 4) is 17.2 Å². The van der Waals surface area contributed by atoms with Crippen molar-refractivity contribution in [1.29, 1.82) is 0 Å². The van der Waals surface area contributed by atoms with E-state index in [0.717, 1.165) is 0 Å². The van der Waals surface area contributed by atoms with Gasteiger partial charge in [0.1, 0.15) is 5.56 Å². The van der Waals surface area contributed by atoms with Gasteiger partial charge in [-0.25, -0.2) is 9.59 Å². The molecule has 0 spiro atoms. The number of methoxy groups -OCH3 is 2. The summed E-state index contributed by atoms with van der Waals surface area (Å²) in [6.07, 6.45) is 0. The lowest BCUT2D eigenvalue weighted by Gasteiger charge is -2.14. The second kappa shape index (κ2) is 5.76. The topological polar surface area (TPSA) is 102 Å². The van der Waals surface area contributed by atoms with Gasteiger partial charge < -0.3 is 24.4 Å². The Hall–Kier alpha value is -2.44. The molecule has 0 heterocycles. The number of hydrogen-bond donors (Lipinski definition) is 2. The molecule has 0 radical (unpaired) electrons. The Kier molecular flexibility index (Phi) is 4.36. The number of benzene rings is 1. The van der Waals surface area contributed by atoms with E-state index < -0.39 is 18.5 Å². The van der Waals surface area contributed by atoms with Gasteiger partial charge in [-0.2, -0.15) is 0 Å². The minimum atomic E-state index is -1.25. The zero-order chi connectivity index (χ0) is 13.7. The second-order valence-electron chi connectivity index (χ2n) is 3.17. The second-order valence-corrected chi connectivity index (χ2v) is 3.17. The SMILES string of the molecule is COc1ccc(C(=O)O)c(OCC(=O)O)c1OC. The van der Waals surface area contributed by atoms with Gasteiger partial charge in [-0.05, 0) is 12.1 Å². The summed E-state index contributed by atoms with van der Waals surface area (Å²) in [6, 6.07) is 2.65. The van der Waals surface area contributed by atoms with Crippen molar-refractivity contribution in [2.45, 2.75) is 0 Å². The quantitative estimate of drug-likeness (QED) is 0.778. The zero-order valence-electron chi connectivity index (χ0n) is 9.80. The molecule has 0 aliphatic rings. The van der Waals surface area contributed by atoms with Crippen LogP contribution in [0.4, 0.5) is 0 Å². The monoisotopic (exact) mass is 256 g/mol. The Morgan fingerprint density at radius 3 is 2.22 bits per heavy atom. The fraction of sp³-hybridized carbons (Fsp3) is 0.273. The van der Waals surface area contributed by atoms with Gasteiger partial charge in [0, 0.05) is 0 Å². The number of aromatic carboxylic acids is 1. The highest BCUT2D eigenvalue weighted by molar-refractivity contribution is 5.92. The van der Waals surface area contributed by atoms with Crippen molar-refractivity contribution in [2.24, 2.45) is 0 Å². The molecule has 0 unspecified atom stereocenters. The Labute approximate surface area is 103 Å². The Morgan fingerprint density at radius 1 is 1.11 bits per heavy atom. The smallest absolute Gasteiger partial charge is 0.341 e. The van der Waals surface area contributed by atoms with E-state index in [2.05, 4.69) is 0 Å². The molecule has 0 saturated heterocycles. The van der Waals surface area contributed by atoms with E-state index in [-0.39, 0.29) is 22.8 Å². The first-order valence-electron chi connectivity index (χ1n) is 4.84. The zero-order valence-corrected chi connectivity index (χ0v) is 9.80. The maximum atomic E-state index is 11.0. The third-order valence-electron chi connectivity index (χ3n) is 2.07. The first-order chi connectivity index (χ1) is 8.51. The Balaban J connectivity index is 3.28. The third kappa shape index (κ3) is 2.82. The number of carboxylic acids is 2. The Bertz CT molecular complexity index is 467. The molecule has 1 aromatic carbocycles. The van der Waals surface area contributed by atoms with Crippen LogP contribution in [-0.4, -0.2) is 43.0 Å². The molecule has 2 N–H and O–H groups in total. The van der Waals surface area contributed by atoms with Crippen LogP contribution in [0.25, 0.3) is 0 Å². The maximum Gasteiger partial charge on any atom is 0.341 e. The lowest BCUT2D eigenvalue weighted by atomic mass is 10.1. The van der Waals surface area contributed by atoms with Crippen LogP contribution >= 0.6 is 0 Å². The van der Waals surface area contributed by atoms with Gasteiger partial charge in [-0.3, -0.25) is 0 Å². The summed E-state index contributed by atoms with van der Waals surface area (Å²) >= 11 is 0. The predicted octanol–water partition coefficient (Wildman–Crippen LogP) is 0.865. The molecule has 0 amide bonds. The summed E-state index contributed by atoms with van der Waals surface area (Å²) in [5.41, 5.74) is -0.200. The molecule has 0 aliphatic carbocycles. The summed E-state index contributed by atoms with van der Waals surface area (Å²) in [6.45, 7) is -0.677. The van der Waals surface area contributed by atoms with Crippen molar-refractivity contribution in [3.05, 3.63) is 17.7 Å². The van der Waals surface area contributed by atoms with Crippen LogP contribution in [0.1, 0.15) is 10.4 Å². The normalized spacial score (nSPS) is 9.67. The minimum absolute atomic E-state index is 0.0404. The summed E-state index contributed by atoms with van der Waals surface area (Å²) in [4.78, 5) is 21.5. The molecule has 7 heteroatoms. The molecule has 0 aromatic heterocycles. The molecule has 0 atom stereocenters. The van der Waals surface area contributed by atoms with E-state index >= 15 is 0 Å². The van der Waals surface area contributed by atoms with Crippen molar-refractivity contribution >= 4 is 11.9 Å². The van der Waals surface area contributed by atoms with E-state index in [1.165, 1.54) is 26.4 Å². The van der Waals surface area contributed by atoms with E-state index in [4.69, 9.17) is 24.4 Å². The summed E-state index contributed by atoms with van der Waals surface area (Å²) < 4.78 is 14.9. The third-order valence-corrected chi connectivity index (χ3v) is 2.07. The number of ether oxygens (including phenoxy) is 3. The minimum Gasteiger partial charge on any atom is -0.493 e. The van der Waals surface area contributed by atoms with Crippen LogP contribution in [-0.2, 0) is 4.79 Å². The summed E-state index contributed by atoms with van der Waals surface area (Å²) in [5, 5.41) is 17.5. The number of aliphatic carboxylic acids is 1. The van der Waals surface area contributed by atoms with Crippen molar-refractivity contribution in [2.75, 3.05) is 20.8 Å². The molecular formula is C11H12O7. The van der Waals surface area contributed by atoms with E-state index in [1.807, 2.05) is 0 Å². The molecule has 0 aliphatic heterocycles. The number of carboxylic acid groups (broad SMARTS) is 2. The predicted molar refractivity (Wildman–Crippen MR) is 59.6 cm³/mol. The van der Waals surface area contributed by atoms with Crippen LogP contribution in [0.3, 0.4) is 0 Å². The molecular weight excluding hydrogens is 244 g/mol. The largest absolute Gasteiger partial charge is 0.493 e. The molecule has 0 saturated carbocycles. The van der Waals surface area contributed by atoms with Crippen molar-refractivity contribution in [1.82, 2.24) is 0 Å². The number of rotatable bonds is 6. The van der Waals surface area contributed by atoms with Gasteiger partial charge in [0.25, 0.3) is 0 Å². The Morgan fingerprint density at radius 2 is 1.78 bits per heavy atom. The van der Waals surface area contributed by atoms with Crippen LogP contribution in [0.15, 0.2) is 12.1 Å². The van der Waals surface area contributed by atoms with Gasteiger partial charge >= 0.3 is 11.9 Å². The first kappa shape index (κ1) is 13.6. The average molecular weight is 256 g/mol. The summed E-state index contributed by atoms with van der Waals surface area (Å²) in [5.74, 6) is -2.36. The van der Waals surface area contributed by atoms with Gasteiger partial charge in [0.05, 0.1) is 14.2 Å². The molecule has 7 nitrogen and oxygen atoms in total. The van der Waals surface area contributed by atoms with Crippen LogP contribution in [0.2, 0.25) is 0 Å². The van der Waals surface area contributed by atoms with Crippen LogP contribution in [0.5, 0.6) is 17.2 Å². The molecule has 1 rings (SSSR count). The highest BCUT2D eigenvalue weighted by Crippen LogP contribution is 2.39. The van der Waals surface area contributed by atoms with Crippen LogP contribution in [0, 0.1) is 0 Å². The van der Waals surface area contributed by atoms with Crippen molar-refractivity contribution < 1.29 is 34.0 Å². The maximum absolute atomic E-state index is 11.0. The molecule has 0 bridgehead atoms. The van der Waals surface area contributed by atoms with Crippen molar-refractivity contribution in [3.63, 3.8) is 0 Å². The fourth-order valence-electron chi connectivity index (χ4n) is 1.34. The highest BCUT2D eigenvalue weighted by atomic mass is 16.5. The molecule has 1 aromatic rings.